The van der Waals surface area contributed by atoms with Gasteiger partial charge in [0.25, 0.3) is 0 Å². The largest absolute Gasteiger partial charge is 0.491 e. The third-order valence-corrected chi connectivity index (χ3v) is 2.13. The van der Waals surface area contributed by atoms with Gasteiger partial charge in [-0.25, -0.2) is 0 Å². The number of rotatable bonds is 5. The Morgan fingerprint density at radius 3 is 2.60 bits per heavy atom. The zero-order chi connectivity index (χ0) is 11.3. The van der Waals surface area contributed by atoms with Gasteiger partial charge in [-0.1, -0.05) is 17.7 Å². The third-order valence-electron chi connectivity index (χ3n) is 1.81. The summed E-state index contributed by atoms with van der Waals surface area (Å²) in [6.45, 7) is 0.913. The molecular formula is C9H12BClO4. The van der Waals surface area contributed by atoms with E-state index in [9.17, 15) is 0 Å². The Morgan fingerprint density at radius 1 is 1.33 bits per heavy atom. The van der Waals surface area contributed by atoms with Gasteiger partial charge < -0.3 is 19.5 Å². The van der Waals surface area contributed by atoms with E-state index in [-0.39, 0.29) is 10.5 Å². The average molecular weight is 230 g/mol. The van der Waals surface area contributed by atoms with Crippen LogP contribution in [-0.4, -0.2) is 37.5 Å². The summed E-state index contributed by atoms with van der Waals surface area (Å²) in [6.07, 6.45) is 0. The molecule has 0 aromatic heterocycles. The smallest absolute Gasteiger partial charge is 0.489 e. The highest BCUT2D eigenvalue weighted by atomic mass is 35.5. The summed E-state index contributed by atoms with van der Waals surface area (Å²) >= 11 is 5.81. The molecule has 0 heterocycles. The Kier molecular flexibility index (Phi) is 4.91. The molecule has 0 atom stereocenters. The van der Waals surface area contributed by atoms with Crippen LogP contribution in [0.4, 0.5) is 0 Å². The van der Waals surface area contributed by atoms with Crippen LogP contribution in [0.5, 0.6) is 5.75 Å². The van der Waals surface area contributed by atoms with Crippen LogP contribution in [0, 0.1) is 0 Å². The number of hydrogen-bond acceptors (Lipinski definition) is 4. The fraction of sp³-hybridized carbons (Fsp3) is 0.333. The summed E-state index contributed by atoms with van der Waals surface area (Å²) in [5.74, 6) is 0.571. The fourth-order valence-electron chi connectivity index (χ4n) is 1.05. The summed E-state index contributed by atoms with van der Waals surface area (Å²) < 4.78 is 10.1. The summed E-state index contributed by atoms with van der Waals surface area (Å²) in [6, 6.07) is 4.66. The molecule has 0 bridgehead atoms. The van der Waals surface area contributed by atoms with Gasteiger partial charge in [0.05, 0.1) is 6.61 Å². The van der Waals surface area contributed by atoms with Crippen molar-refractivity contribution in [2.75, 3.05) is 20.3 Å². The molecule has 4 nitrogen and oxygen atoms in total. The highest BCUT2D eigenvalue weighted by Gasteiger charge is 2.15. The Labute approximate surface area is 93.5 Å². The van der Waals surface area contributed by atoms with E-state index in [4.69, 9.17) is 31.1 Å². The number of benzene rings is 1. The zero-order valence-electron chi connectivity index (χ0n) is 8.31. The molecule has 6 heteroatoms. The molecule has 0 radical (unpaired) electrons. The number of halogens is 1. The maximum absolute atomic E-state index is 8.92. The lowest BCUT2D eigenvalue weighted by Gasteiger charge is -2.08. The SMILES string of the molecule is COCCOc1ccc(B(O)O)c(Cl)c1. The minimum absolute atomic E-state index is 0.260. The Balaban J connectivity index is 2.65. The molecule has 1 aromatic rings. The highest BCUT2D eigenvalue weighted by molar-refractivity contribution is 6.62. The van der Waals surface area contributed by atoms with Gasteiger partial charge in [0.1, 0.15) is 12.4 Å². The minimum Gasteiger partial charge on any atom is -0.491 e. The van der Waals surface area contributed by atoms with E-state index in [1.54, 1.807) is 13.2 Å². The van der Waals surface area contributed by atoms with Crippen molar-refractivity contribution in [1.82, 2.24) is 0 Å². The van der Waals surface area contributed by atoms with Crippen molar-refractivity contribution in [3.05, 3.63) is 23.2 Å². The summed E-state index contributed by atoms with van der Waals surface area (Å²) in [5, 5.41) is 18.1. The topological polar surface area (TPSA) is 58.9 Å². The predicted molar refractivity (Wildman–Crippen MR) is 58.6 cm³/mol. The lowest BCUT2D eigenvalue weighted by atomic mass is 9.80. The van der Waals surface area contributed by atoms with Gasteiger partial charge in [0, 0.05) is 17.6 Å². The maximum atomic E-state index is 8.92. The van der Waals surface area contributed by atoms with E-state index < -0.39 is 7.12 Å². The predicted octanol–water partition coefficient (Wildman–Crippen LogP) is 0.0450. The van der Waals surface area contributed by atoms with Crippen LogP contribution in [-0.2, 0) is 4.74 Å². The number of ether oxygens (including phenoxy) is 2. The van der Waals surface area contributed by atoms with Crippen LogP contribution in [0.2, 0.25) is 5.02 Å². The molecular weight excluding hydrogens is 218 g/mol. The molecule has 1 aromatic carbocycles. The zero-order valence-corrected chi connectivity index (χ0v) is 9.07. The van der Waals surface area contributed by atoms with Gasteiger partial charge >= 0.3 is 7.12 Å². The van der Waals surface area contributed by atoms with Gasteiger partial charge in [0.2, 0.25) is 0 Å². The van der Waals surface area contributed by atoms with Crippen LogP contribution < -0.4 is 10.2 Å². The molecule has 0 saturated heterocycles. The molecule has 1 rings (SSSR count). The van der Waals surface area contributed by atoms with Gasteiger partial charge in [-0.3, -0.25) is 0 Å². The van der Waals surface area contributed by atoms with E-state index >= 15 is 0 Å². The second kappa shape index (κ2) is 5.97. The van der Waals surface area contributed by atoms with Crippen molar-refractivity contribution in [3.8, 4) is 5.75 Å². The van der Waals surface area contributed by atoms with Crippen LogP contribution in [0.3, 0.4) is 0 Å². The number of methoxy groups -OCH3 is 1. The highest BCUT2D eigenvalue weighted by Crippen LogP contribution is 2.15. The summed E-state index contributed by atoms with van der Waals surface area (Å²) in [5.41, 5.74) is 0.260. The molecule has 15 heavy (non-hydrogen) atoms. The molecule has 0 unspecified atom stereocenters. The molecule has 0 spiro atoms. The average Bonchev–Trinajstić information content (AvgIpc) is 2.17. The molecule has 0 fully saturated rings. The molecule has 0 aliphatic carbocycles. The lowest BCUT2D eigenvalue weighted by molar-refractivity contribution is 0.146. The third kappa shape index (κ3) is 3.72. The van der Waals surface area contributed by atoms with Crippen molar-refractivity contribution in [1.29, 1.82) is 0 Å². The second-order valence-electron chi connectivity index (χ2n) is 2.90. The van der Waals surface area contributed by atoms with Gasteiger partial charge in [0.15, 0.2) is 0 Å². The van der Waals surface area contributed by atoms with Crippen molar-refractivity contribution < 1.29 is 19.5 Å². The van der Waals surface area contributed by atoms with Crippen LogP contribution >= 0.6 is 11.6 Å². The monoisotopic (exact) mass is 230 g/mol. The standard InChI is InChI=1S/C9H12BClO4/c1-14-4-5-15-7-2-3-8(10(12)13)9(11)6-7/h2-3,6,12-13H,4-5H2,1H3. The van der Waals surface area contributed by atoms with Crippen molar-refractivity contribution >= 4 is 24.2 Å². The minimum atomic E-state index is -1.56. The van der Waals surface area contributed by atoms with E-state index in [0.717, 1.165) is 0 Å². The maximum Gasteiger partial charge on any atom is 0.489 e. The van der Waals surface area contributed by atoms with E-state index in [2.05, 4.69) is 0 Å². The summed E-state index contributed by atoms with van der Waals surface area (Å²) in [4.78, 5) is 0. The van der Waals surface area contributed by atoms with Crippen molar-refractivity contribution in [2.24, 2.45) is 0 Å². The van der Waals surface area contributed by atoms with Gasteiger partial charge in [-0.05, 0) is 12.1 Å². The van der Waals surface area contributed by atoms with E-state index in [1.165, 1.54) is 12.1 Å². The Hall–Kier alpha value is -0.745. The van der Waals surface area contributed by atoms with Crippen LogP contribution in [0.15, 0.2) is 18.2 Å². The van der Waals surface area contributed by atoms with Crippen LogP contribution in [0.1, 0.15) is 0 Å². The first-order valence-electron chi connectivity index (χ1n) is 4.42. The quantitative estimate of drug-likeness (QED) is 0.554. The lowest BCUT2D eigenvalue weighted by Crippen LogP contribution is -2.30. The molecule has 0 amide bonds. The van der Waals surface area contributed by atoms with Gasteiger partial charge in [-0.2, -0.15) is 0 Å². The first-order chi connectivity index (χ1) is 7.15. The molecule has 2 N–H and O–H groups in total. The normalized spacial score (nSPS) is 10.1. The van der Waals surface area contributed by atoms with Crippen molar-refractivity contribution in [3.63, 3.8) is 0 Å². The van der Waals surface area contributed by atoms with Crippen molar-refractivity contribution in [2.45, 2.75) is 0 Å². The summed E-state index contributed by atoms with van der Waals surface area (Å²) in [7, 11) is 0.0205. The van der Waals surface area contributed by atoms with Gasteiger partial charge in [-0.15, -0.1) is 0 Å². The fourth-order valence-corrected chi connectivity index (χ4v) is 1.32. The Morgan fingerprint density at radius 2 is 2.07 bits per heavy atom. The molecule has 82 valence electrons. The molecule has 0 saturated carbocycles. The van der Waals surface area contributed by atoms with E-state index in [1.807, 2.05) is 0 Å². The first kappa shape index (κ1) is 12.3. The van der Waals surface area contributed by atoms with E-state index in [0.29, 0.717) is 19.0 Å². The Bertz CT molecular complexity index is 319. The second-order valence-corrected chi connectivity index (χ2v) is 3.31. The first-order valence-corrected chi connectivity index (χ1v) is 4.80. The van der Waals surface area contributed by atoms with Crippen LogP contribution in [0.25, 0.3) is 0 Å². The molecule has 0 aliphatic rings. The number of hydrogen-bond donors (Lipinski definition) is 2. The molecule has 0 aliphatic heterocycles.